The summed E-state index contributed by atoms with van der Waals surface area (Å²) in [6.07, 6.45) is 3.07. The first-order valence-corrected chi connectivity index (χ1v) is 12.2. The number of halogens is 2. The highest BCUT2D eigenvalue weighted by Gasteiger charge is 2.32. The average molecular weight is 526 g/mol. The first kappa shape index (κ1) is 25.6. The maximum absolute atomic E-state index is 13.6. The van der Waals surface area contributed by atoms with Gasteiger partial charge in [-0.15, -0.1) is 0 Å². The zero-order valence-electron chi connectivity index (χ0n) is 20.2. The molecule has 1 aliphatic rings. The monoisotopic (exact) mass is 525 g/mol. The predicted octanol–water partition coefficient (Wildman–Crippen LogP) is 4.03. The van der Waals surface area contributed by atoms with Crippen LogP contribution < -0.4 is 10.6 Å². The van der Waals surface area contributed by atoms with E-state index < -0.39 is 11.7 Å². The van der Waals surface area contributed by atoms with Gasteiger partial charge in [0.25, 0.3) is 0 Å². The van der Waals surface area contributed by atoms with Crippen LogP contribution in [0.4, 0.5) is 5.82 Å². The van der Waals surface area contributed by atoms with Crippen LogP contribution in [0, 0.1) is 18.3 Å². The van der Waals surface area contributed by atoms with Crippen molar-refractivity contribution in [1.29, 1.82) is 5.26 Å². The third-order valence-electron chi connectivity index (χ3n) is 6.25. The number of pyridine rings is 2. The SMILES string of the molecule is C=CC(=O)N1CCN(c2nc(=O)n(-c3c(C)ccnc3C(C)C)c3nc(Cl)c(Cl)cc23)CC1CC#N. The lowest BCUT2D eigenvalue weighted by Gasteiger charge is -2.41. The largest absolute Gasteiger partial charge is 0.355 e. The molecule has 0 radical (unpaired) electrons. The van der Waals surface area contributed by atoms with Gasteiger partial charge in [-0.3, -0.25) is 9.78 Å². The van der Waals surface area contributed by atoms with Gasteiger partial charge >= 0.3 is 5.69 Å². The molecule has 4 heterocycles. The summed E-state index contributed by atoms with van der Waals surface area (Å²) in [6, 6.07) is 5.22. The Morgan fingerprint density at radius 2 is 2.08 bits per heavy atom. The van der Waals surface area contributed by atoms with Crippen LogP contribution in [0.5, 0.6) is 0 Å². The quantitative estimate of drug-likeness (QED) is 0.365. The molecule has 1 fully saturated rings. The van der Waals surface area contributed by atoms with Gasteiger partial charge in [0.05, 0.1) is 40.3 Å². The fourth-order valence-electron chi connectivity index (χ4n) is 4.55. The number of piperazine rings is 1. The molecule has 1 amide bonds. The van der Waals surface area contributed by atoms with Crippen LogP contribution in [0.1, 0.15) is 37.4 Å². The number of fused-ring (bicyclic) bond motifs is 1. The number of hydrogen-bond acceptors (Lipinski definition) is 7. The zero-order valence-corrected chi connectivity index (χ0v) is 21.7. The van der Waals surface area contributed by atoms with Crippen molar-refractivity contribution in [1.82, 2.24) is 24.4 Å². The number of nitrogens with zero attached hydrogens (tertiary/aromatic N) is 7. The van der Waals surface area contributed by atoms with E-state index in [0.29, 0.717) is 42.2 Å². The summed E-state index contributed by atoms with van der Waals surface area (Å²) in [5.41, 5.74) is 1.94. The smallest absolute Gasteiger partial charge is 0.352 e. The van der Waals surface area contributed by atoms with Crippen LogP contribution in [0.2, 0.25) is 10.2 Å². The van der Waals surface area contributed by atoms with Crippen LogP contribution >= 0.6 is 23.2 Å². The normalized spacial score (nSPS) is 15.9. The Hall–Kier alpha value is -3.48. The molecule has 3 aromatic heterocycles. The number of carbonyl (C=O) groups excluding carboxylic acids is 1. The summed E-state index contributed by atoms with van der Waals surface area (Å²) in [4.78, 5) is 42.9. The summed E-state index contributed by atoms with van der Waals surface area (Å²) in [5.74, 6) is 0.165. The van der Waals surface area contributed by atoms with Gasteiger partial charge in [-0.05, 0) is 36.6 Å². The first-order valence-electron chi connectivity index (χ1n) is 11.5. The van der Waals surface area contributed by atoms with Crippen molar-refractivity contribution >= 4 is 46.0 Å². The Bertz CT molecular complexity index is 1460. The minimum atomic E-state index is -0.539. The van der Waals surface area contributed by atoms with Crippen LogP contribution in [0.25, 0.3) is 16.7 Å². The number of anilines is 1. The summed E-state index contributed by atoms with van der Waals surface area (Å²) >= 11 is 12.7. The molecule has 0 aromatic carbocycles. The number of carbonyl (C=O) groups is 1. The summed E-state index contributed by atoms with van der Waals surface area (Å²) in [5, 5.41) is 10.2. The van der Waals surface area contributed by atoms with Crippen molar-refractivity contribution in [3.05, 3.63) is 62.9 Å². The molecule has 3 aromatic rings. The van der Waals surface area contributed by atoms with Crippen molar-refractivity contribution in [3.8, 4) is 11.8 Å². The van der Waals surface area contributed by atoms with E-state index in [0.717, 1.165) is 11.3 Å². The van der Waals surface area contributed by atoms with Gasteiger partial charge in [-0.1, -0.05) is 43.6 Å². The molecule has 36 heavy (non-hydrogen) atoms. The molecular formula is C25H25Cl2N7O2. The molecule has 1 aliphatic heterocycles. The average Bonchev–Trinajstić information content (AvgIpc) is 2.85. The Labute approximate surface area is 218 Å². The van der Waals surface area contributed by atoms with Gasteiger partial charge in [-0.25, -0.2) is 14.3 Å². The number of amides is 1. The van der Waals surface area contributed by atoms with Crippen LogP contribution in [0.15, 0.2) is 35.8 Å². The molecule has 9 nitrogen and oxygen atoms in total. The maximum atomic E-state index is 13.6. The zero-order chi connectivity index (χ0) is 26.1. The second-order valence-electron chi connectivity index (χ2n) is 8.90. The van der Waals surface area contributed by atoms with Crippen molar-refractivity contribution in [2.45, 2.75) is 39.2 Å². The van der Waals surface area contributed by atoms with Crippen molar-refractivity contribution in [2.24, 2.45) is 0 Å². The maximum Gasteiger partial charge on any atom is 0.355 e. The molecule has 0 spiro atoms. The van der Waals surface area contributed by atoms with E-state index in [-0.39, 0.29) is 28.4 Å². The van der Waals surface area contributed by atoms with Crippen molar-refractivity contribution < 1.29 is 4.79 Å². The number of nitriles is 1. The fraction of sp³-hybridized carbons (Fsp3) is 0.360. The first-order chi connectivity index (χ1) is 17.2. The molecule has 0 saturated carbocycles. The van der Waals surface area contributed by atoms with Crippen molar-refractivity contribution in [2.75, 3.05) is 24.5 Å². The lowest BCUT2D eigenvalue weighted by atomic mass is 10.0. The van der Waals surface area contributed by atoms with E-state index in [4.69, 9.17) is 23.2 Å². The van der Waals surface area contributed by atoms with Crippen molar-refractivity contribution in [3.63, 3.8) is 0 Å². The number of aryl methyl sites for hydroxylation is 1. The minimum absolute atomic E-state index is 0.0338. The van der Waals surface area contributed by atoms with Crippen LogP contribution in [-0.4, -0.2) is 56.0 Å². The number of rotatable bonds is 5. The molecule has 0 aliphatic carbocycles. The Morgan fingerprint density at radius 1 is 1.33 bits per heavy atom. The lowest BCUT2D eigenvalue weighted by molar-refractivity contribution is -0.128. The van der Waals surface area contributed by atoms with Gasteiger partial charge in [0, 0.05) is 25.8 Å². The van der Waals surface area contributed by atoms with E-state index in [2.05, 4.69) is 27.6 Å². The molecule has 186 valence electrons. The molecule has 4 rings (SSSR count). The molecular weight excluding hydrogens is 501 g/mol. The van der Waals surface area contributed by atoms with Gasteiger partial charge in [0.15, 0.2) is 5.65 Å². The Morgan fingerprint density at radius 3 is 2.75 bits per heavy atom. The molecule has 1 atom stereocenters. The topological polar surface area (TPSA) is 108 Å². The van der Waals surface area contributed by atoms with E-state index in [1.165, 1.54) is 10.6 Å². The van der Waals surface area contributed by atoms with Gasteiger partial charge in [-0.2, -0.15) is 10.2 Å². The standard InChI is InChI=1S/C25H25Cl2N7O2/c1-5-19(35)33-11-10-32(13-16(33)6-8-28)23-17-12-18(26)22(27)30-24(17)34(25(36)31-23)21-15(4)7-9-29-20(21)14(2)3/h5,7,9,12,14,16H,1,6,10-11,13H2,2-4H3. The minimum Gasteiger partial charge on any atom is -0.352 e. The van der Waals surface area contributed by atoms with E-state index in [9.17, 15) is 14.9 Å². The second kappa shape index (κ2) is 10.2. The Balaban J connectivity index is 1.94. The Kier molecular flexibility index (Phi) is 7.29. The summed E-state index contributed by atoms with van der Waals surface area (Å²) < 4.78 is 1.43. The second-order valence-corrected chi connectivity index (χ2v) is 9.67. The fourth-order valence-corrected chi connectivity index (χ4v) is 4.83. The van der Waals surface area contributed by atoms with E-state index in [1.807, 2.05) is 31.7 Å². The number of hydrogen-bond donors (Lipinski definition) is 0. The highest BCUT2D eigenvalue weighted by atomic mass is 35.5. The van der Waals surface area contributed by atoms with E-state index in [1.54, 1.807) is 17.2 Å². The van der Waals surface area contributed by atoms with Gasteiger partial charge in [0.1, 0.15) is 11.0 Å². The number of aromatic nitrogens is 4. The molecule has 11 heteroatoms. The van der Waals surface area contributed by atoms with Crippen LogP contribution in [-0.2, 0) is 4.79 Å². The third kappa shape index (κ3) is 4.54. The van der Waals surface area contributed by atoms with E-state index >= 15 is 0 Å². The third-order valence-corrected chi connectivity index (χ3v) is 6.92. The van der Waals surface area contributed by atoms with Crippen LogP contribution in [0.3, 0.4) is 0 Å². The molecule has 0 N–H and O–H groups in total. The highest BCUT2D eigenvalue weighted by molar-refractivity contribution is 6.41. The van der Waals surface area contributed by atoms with Gasteiger partial charge in [0.2, 0.25) is 5.91 Å². The van der Waals surface area contributed by atoms with Gasteiger partial charge < -0.3 is 9.80 Å². The summed E-state index contributed by atoms with van der Waals surface area (Å²) in [7, 11) is 0. The molecule has 0 bridgehead atoms. The predicted molar refractivity (Wildman–Crippen MR) is 140 cm³/mol. The lowest BCUT2D eigenvalue weighted by Crippen LogP contribution is -2.55. The summed E-state index contributed by atoms with van der Waals surface area (Å²) in [6.45, 7) is 10.5. The molecule has 1 saturated heterocycles. The highest BCUT2D eigenvalue weighted by Crippen LogP contribution is 2.33. The molecule has 1 unspecified atom stereocenters.